The van der Waals surface area contributed by atoms with Crippen LogP contribution < -0.4 is 10.2 Å². The lowest BCUT2D eigenvalue weighted by Gasteiger charge is -2.40. The topological polar surface area (TPSA) is 24.5 Å². The van der Waals surface area contributed by atoms with Crippen LogP contribution in [0, 0.1) is 5.82 Å². The van der Waals surface area contributed by atoms with Gasteiger partial charge in [-0.25, -0.2) is 4.39 Å². The fourth-order valence-electron chi connectivity index (χ4n) is 3.51. The second-order valence-electron chi connectivity index (χ2n) is 6.41. The SMILES string of the molecule is CC(C)NCc1cc(F)ccc1N1CCOC2CCCC21. The fourth-order valence-corrected chi connectivity index (χ4v) is 3.51. The van der Waals surface area contributed by atoms with Crippen LogP contribution in [0.1, 0.15) is 38.7 Å². The third-order valence-electron chi connectivity index (χ3n) is 4.53. The van der Waals surface area contributed by atoms with E-state index in [0.717, 1.165) is 25.1 Å². The highest BCUT2D eigenvalue weighted by atomic mass is 19.1. The molecule has 1 heterocycles. The molecule has 2 fully saturated rings. The molecule has 1 saturated heterocycles. The second-order valence-corrected chi connectivity index (χ2v) is 6.41. The summed E-state index contributed by atoms with van der Waals surface area (Å²) in [4.78, 5) is 2.44. The van der Waals surface area contributed by atoms with Crippen molar-refractivity contribution in [2.45, 2.75) is 57.8 Å². The number of nitrogens with zero attached hydrogens (tertiary/aromatic N) is 1. The first-order valence-corrected chi connectivity index (χ1v) is 8.05. The number of benzene rings is 1. The van der Waals surface area contributed by atoms with Gasteiger partial charge >= 0.3 is 0 Å². The quantitative estimate of drug-likeness (QED) is 0.923. The van der Waals surface area contributed by atoms with Gasteiger partial charge in [-0.05, 0) is 43.0 Å². The van der Waals surface area contributed by atoms with Gasteiger partial charge in [0.15, 0.2) is 0 Å². The number of fused-ring (bicyclic) bond motifs is 1. The molecule has 2 aliphatic rings. The number of halogens is 1. The van der Waals surface area contributed by atoms with Crippen LogP contribution in [0.2, 0.25) is 0 Å². The number of nitrogens with one attached hydrogen (secondary N) is 1. The number of rotatable bonds is 4. The molecule has 116 valence electrons. The van der Waals surface area contributed by atoms with E-state index in [9.17, 15) is 4.39 Å². The molecule has 0 radical (unpaired) electrons. The van der Waals surface area contributed by atoms with Crippen LogP contribution >= 0.6 is 0 Å². The van der Waals surface area contributed by atoms with E-state index in [4.69, 9.17) is 4.74 Å². The van der Waals surface area contributed by atoms with Crippen molar-refractivity contribution in [2.24, 2.45) is 0 Å². The van der Waals surface area contributed by atoms with Crippen molar-refractivity contribution in [1.82, 2.24) is 5.32 Å². The third kappa shape index (κ3) is 3.22. The van der Waals surface area contributed by atoms with Gasteiger partial charge in [0, 0.05) is 24.8 Å². The molecule has 3 rings (SSSR count). The number of morpholine rings is 1. The highest BCUT2D eigenvalue weighted by molar-refractivity contribution is 5.55. The fraction of sp³-hybridized carbons (Fsp3) is 0.647. The zero-order chi connectivity index (χ0) is 14.8. The highest BCUT2D eigenvalue weighted by Gasteiger charge is 2.36. The van der Waals surface area contributed by atoms with E-state index < -0.39 is 0 Å². The molecular formula is C17H25FN2O. The molecule has 1 N–H and O–H groups in total. The first kappa shape index (κ1) is 14.8. The van der Waals surface area contributed by atoms with Crippen molar-refractivity contribution in [3.05, 3.63) is 29.6 Å². The summed E-state index contributed by atoms with van der Waals surface area (Å²) >= 11 is 0. The van der Waals surface area contributed by atoms with E-state index in [1.54, 1.807) is 12.1 Å². The van der Waals surface area contributed by atoms with Crippen LogP contribution in [-0.2, 0) is 11.3 Å². The smallest absolute Gasteiger partial charge is 0.123 e. The van der Waals surface area contributed by atoms with Crippen LogP contribution in [0.3, 0.4) is 0 Å². The van der Waals surface area contributed by atoms with E-state index in [0.29, 0.717) is 24.7 Å². The maximum absolute atomic E-state index is 13.6. The molecule has 2 unspecified atom stereocenters. The summed E-state index contributed by atoms with van der Waals surface area (Å²) in [6.45, 7) is 6.61. The summed E-state index contributed by atoms with van der Waals surface area (Å²) in [5.74, 6) is -0.157. The molecule has 0 spiro atoms. The lowest BCUT2D eigenvalue weighted by molar-refractivity contribution is 0.0255. The van der Waals surface area contributed by atoms with E-state index in [-0.39, 0.29) is 5.82 Å². The van der Waals surface area contributed by atoms with Gasteiger partial charge in [0.25, 0.3) is 0 Å². The predicted molar refractivity (Wildman–Crippen MR) is 83.1 cm³/mol. The monoisotopic (exact) mass is 292 g/mol. The molecule has 2 atom stereocenters. The van der Waals surface area contributed by atoms with Crippen molar-refractivity contribution in [3.63, 3.8) is 0 Å². The molecule has 1 aromatic carbocycles. The van der Waals surface area contributed by atoms with Crippen molar-refractivity contribution >= 4 is 5.69 Å². The Morgan fingerprint density at radius 3 is 3.05 bits per heavy atom. The molecular weight excluding hydrogens is 267 g/mol. The van der Waals surface area contributed by atoms with Gasteiger partial charge in [0.1, 0.15) is 5.82 Å². The largest absolute Gasteiger partial charge is 0.374 e. The van der Waals surface area contributed by atoms with Gasteiger partial charge in [-0.1, -0.05) is 13.8 Å². The predicted octanol–water partition coefficient (Wildman–Crippen LogP) is 3.08. The maximum Gasteiger partial charge on any atom is 0.123 e. The Morgan fingerprint density at radius 1 is 1.38 bits per heavy atom. The van der Waals surface area contributed by atoms with Crippen molar-refractivity contribution < 1.29 is 9.13 Å². The van der Waals surface area contributed by atoms with Crippen molar-refractivity contribution in [1.29, 1.82) is 0 Å². The second kappa shape index (κ2) is 6.32. The lowest BCUT2D eigenvalue weighted by Crippen LogP contribution is -2.49. The molecule has 1 saturated carbocycles. The molecule has 21 heavy (non-hydrogen) atoms. The summed E-state index contributed by atoms with van der Waals surface area (Å²) < 4.78 is 19.5. The lowest BCUT2D eigenvalue weighted by atomic mass is 10.1. The van der Waals surface area contributed by atoms with Gasteiger partial charge in [0.05, 0.1) is 18.8 Å². The average molecular weight is 292 g/mol. The Balaban J connectivity index is 1.86. The van der Waals surface area contributed by atoms with Crippen LogP contribution in [0.25, 0.3) is 0 Å². The summed E-state index contributed by atoms with van der Waals surface area (Å²) in [5.41, 5.74) is 2.22. The maximum atomic E-state index is 13.6. The van der Waals surface area contributed by atoms with Crippen LogP contribution in [-0.4, -0.2) is 31.3 Å². The average Bonchev–Trinajstić information content (AvgIpc) is 2.93. The van der Waals surface area contributed by atoms with Gasteiger partial charge in [-0.2, -0.15) is 0 Å². The number of ether oxygens (including phenoxy) is 1. The Kier molecular flexibility index (Phi) is 4.45. The number of anilines is 1. The Morgan fingerprint density at radius 2 is 2.24 bits per heavy atom. The van der Waals surface area contributed by atoms with E-state index >= 15 is 0 Å². The summed E-state index contributed by atoms with van der Waals surface area (Å²) in [7, 11) is 0. The number of hydrogen-bond acceptors (Lipinski definition) is 3. The van der Waals surface area contributed by atoms with Crippen LogP contribution in [0.4, 0.5) is 10.1 Å². The van der Waals surface area contributed by atoms with Crippen molar-refractivity contribution in [3.8, 4) is 0 Å². The minimum Gasteiger partial charge on any atom is -0.374 e. The standard InChI is InChI=1S/C17H25FN2O/c1-12(2)19-11-13-10-14(18)6-7-15(13)20-8-9-21-17-5-3-4-16(17)20/h6-7,10,12,16-17,19H,3-5,8-9,11H2,1-2H3. The Hall–Kier alpha value is -1.13. The molecule has 1 aromatic rings. The molecule has 1 aliphatic heterocycles. The molecule has 0 amide bonds. The molecule has 4 heteroatoms. The highest BCUT2D eigenvalue weighted by Crippen LogP contribution is 2.34. The summed E-state index contributed by atoms with van der Waals surface area (Å²) in [6.07, 6.45) is 3.92. The van der Waals surface area contributed by atoms with Gasteiger partial charge in [-0.15, -0.1) is 0 Å². The molecule has 3 nitrogen and oxygen atoms in total. The van der Waals surface area contributed by atoms with E-state index in [1.807, 2.05) is 6.07 Å². The molecule has 0 bridgehead atoms. The normalized spacial score (nSPS) is 25.4. The zero-order valence-corrected chi connectivity index (χ0v) is 12.9. The van der Waals surface area contributed by atoms with Crippen LogP contribution in [0.15, 0.2) is 18.2 Å². The minimum absolute atomic E-state index is 0.157. The van der Waals surface area contributed by atoms with Crippen LogP contribution in [0.5, 0.6) is 0 Å². The first-order chi connectivity index (χ1) is 10.1. The zero-order valence-electron chi connectivity index (χ0n) is 12.9. The Bertz CT molecular complexity index is 492. The van der Waals surface area contributed by atoms with Gasteiger partial charge in [0.2, 0.25) is 0 Å². The minimum atomic E-state index is -0.157. The van der Waals surface area contributed by atoms with E-state index in [2.05, 4.69) is 24.1 Å². The van der Waals surface area contributed by atoms with Gasteiger partial charge < -0.3 is 15.0 Å². The third-order valence-corrected chi connectivity index (χ3v) is 4.53. The summed E-state index contributed by atoms with van der Waals surface area (Å²) in [6, 6.07) is 6.04. The molecule has 1 aliphatic carbocycles. The number of hydrogen-bond donors (Lipinski definition) is 1. The summed E-state index contributed by atoms with van der Waals surface area (Å²) in [5, 5.41) is 3.40. The Labute approximate surface area is 126 Å². The van der Waals surface area contributed by atoms with Crippen molar-refractivity contribution in [2.75, 3.05) is 18.1 Å². The molecule has 0 aromatic heterocycles. The van der Waals surface area contributed by atoms with E-state index in [1.165, 1.54) is 18.5 Å². The first-order valence-electron chi connectivity index (χ1n) is 8.05. The van der Waals surface area contributed by atoms with Gasteiger partial charge in [-0.3, -0.25) is 0 Å².